The molecule has 0 saturated carbocycles. The molecule has 0 radical (unpaired) electrons. The average molecular weight is 525 g/mol. The Labute approximate surface area is 224 Å². The third-order valence-corrected chi connectivity index (χ3v) is 6.13. The quantitative estimate of drug-likeness (QED) is 0.329. The summed E-state index contributed by atoms with van der Waals surface area (Å²) in [4.78, 5) is 15.1. The molecule has 0 unspecified atom stereocenters. The third kappa shape index (κ3) is 3.75. The predicted molar refractivity (Wildman–Crippen MR) is 142 cm³/mol. The van der Waals surface area contributed by atoms with Crippen molar-refractivity contribution in [2.45, 2.75) is 0 Å². The predicted octanol–water partition coefficient (Wildman–Crippen LogP) is 2.77. The molecule has 6 heterocycles. The molecule has 0 spiro atoms. The summed E-state index contributed by atoms with van der Waals surface area (Å²) in [6.07, 6.45) is 4.87. The van der Waals surface area contributed by atoms with E-state index in [9.17, 15) is 0 Å². The highest BCUT2D eigenvalue weighted by Gasteiger charge is 2.13. The molecule has 0 atom stereocenters. The molecule has 0 aliphatic heterocycles. The lowest BCUT2D eigenvalue weighted by atomic mass is 10.1. The van der Waals surface area contributed by atoms with Crippen LogP contribution in [0.25, 0.3) is 56.6 Å². The lowest BCUT2D eigenvalue weighted by molar-refractivity contribution is 0.695. The Morgan fingerprint density at radius 3 is 1.62 bits per heavy atom. The second-order valence-electron chi connectivity index (χ2n) is 8.72. The fourth-order valence-corrected chi connectivity index (χ4v) is 4.25. The van der Waals surface area contributed by atoms with Gasteiger partial charge in [0.1, 0.15) is 27.8 Å². The van der Waals surface area contributed by atoms with Crippen LogP contribution in [-0.2, 0) is 0 Å². The molecule has 0 aliphatic carbocycles. The van der Waals surface area contributed by atoms with Crippen molar-refractivity contribution in [1.29, 1.82) is 0 Å². The highest BCUT2D eigenvalue weighted by molar-refractivity contribution is 5.80. The molecule has 6 aromatic heterocycles. The number of nitrogens with zero attached hydrogens (tertiary/aromatic N) is 14. The van der Waals surface area contributed by atoms with Crippen LogP contribution < -0.4 is 0 Å². The number of hydrogen-bond donors (Lipinski definition) is 0. The molecule has 0 saturated heterocycles. The molecule has 8 rings (SSSR count). The Morgan fingerprint density at radius 1 is 0.425 bits per heavy atom. The summed E-state index contributed by atoms with van der Waals surface area (Å²) in [6, 6.07) is 24.4. The largest absolute Gasteiger partial charge is 0.206 e. The van der Waals surface area contributed by atoms with Gasteiger partial charge in [-0.1, -0.05) is 30.3 Å². The average Bonchev–Trinajstić information content (AvgIpc) is 3.82. The first kappa shape index (κ1) is 21.9. The van der Waals surface area contributed by atoms with Gasteiger partial charge in [0, 0.05) is 5.56 Å². The van der Waals surface area contributed by atoms with E-state index in [4.69, 9.17) is 0 Å². The van der Waals surface area contributed by atoms with Gasteiger partial charge in [-0.2, -0.15) is 15.3 Å². The maximum absolute atomic E-state index is 4.68. The lowest BCUT2D eigenvalue weighted by Gasteiger charge is -2.02. The molecule has 14 nitrogen and oxygen atoms in total. The molecule has 40 heavy (non-hydrogen) atoms. The van der Waals surface area contributed by atoms with Gasteiger partial charge in [-0.3, -0.25) is 0 Å². The van der Waals surface area contributed by atoms with E-state index < -0.39 is 0 Å². The molecular formula is C26H16N14. The van der Waals surface area contributed by atoms with Crippen LogP contribution >= 0.6 is 0 Å². The minimum atomic E-state index is 0.540. The molecule has 2 aromatic carbocycles. The van der Waals surface area contributed by atoms with Crippen molar-refractivity contribution in [3.63, 3.8) is 0 Å². The van der Waals surface area contributed by atoms with Gasteiger partial charge in [-0.05, 0) is 48.5 Å². The first-order valence-electron chi connectivity index (χ1n) is 12.2. The van der Waals surface area contributed by atoms with E-state index in [1.54, 1.807) is 18.6 Å². The fourth-order valence-electron chi connectivity index (χ4n) is 4.25. The van der Waals surface area contributed by atoms with E-state index in [1.807, 2.05) is 78.9 Å². The standard InChI is InChI=1S/C26H16N14/c1-2-6-19-18(5-1)32-39(33-19)25-9-4-10-26(31-25)40-34-20-12-11-17(15-21(20)35-40)22-16-29-38(36-22)24-8-3-7-23(30-24)37-27-13-14-28-37/h1-16H. The van der Waals surface area contributed by atoms with Crippen LogP contribution in [0.5, 0.6) is 0 Å². The molecule has 14 heteroatoms. The Balaban J connectivity index is 1.10. The maximum atomic E-state index is 4.68. The Bertz CT molecular complexity index is 2100. The molecule has 0 N–H and O–H groups in total. The van der Waals surface area contributed by atoms with Crippen molar-refractivity contribution in [1.82, 2.24) is 69.9 Å². The van der Waals surface area contributed by atoms with Gasteiger partial charge in [0.05, 0.1) is 18.6 Å². The topological polar surface area (TPSA) is 149 Å². The number of hydrogen-bond acceptors (Lipinski definition) is 10. The van der Waals surface area contributed by atoms with Crippen LogP contribution in [0.1, 0.15) is 0 Å². The van der Waals surface area contributed by atoms with Gasteiger partial charge < -0.3 is 0 Å². The van der Waals surface area contributed by atoms with Crippen molar-refractivity contribution < 1.29 is 0 Å². The highest BCUT2D eigenvalue weighted by Crippen LogP contribution is 2.22. The fraction of sp³-hybridized carbons (Fsp3) is 0. The summed E-state index contributed by atoms with van der Waals surface area (Å²) in [6.45, 7) is 0. The van der Waals surface area contributed by atoms with Crippen LogP contribution in [0.4, 0.5) is 0 Å². The number of pyridine rings is 2. The first-order chi connectivity index (χ1) is 19.8. The Morgan fingerprint density at radius 2 is 0.975 bits per heavy atom. The summed E-state index contributed by atoms with van der Waals surface area (Å²) >= 11 is 0. The monoisotopic (exact) mass is 524 g/mol. The number of fused-ring (bicyclic) bond motifs is 2. The van der Waals surface area contributed by atoms with E-state index in [1.165, 1.54) is 19.2 Å². The highest BCUT2D eigenvalue weighted by atomic mass is 15.5. The van der Waals surface area contributed by atoms with Gasteiger partial charge in [-0.25, -0.2) is 9.97 Å². The first-order valence-corrected chi connectivity index (χ1v) is 12.2. The molecular weight excluding hydrogens is 508 g/mol. The van der Waals surface area contributed by atoms with Crippen molar-refractivity contribution >= 4 is 22.1 Å². The van der Waals surface area contributed by atoms with Crippen molar-refractivity contribution in [2.75, 3.05) is 0 Å². The number of benzene rings is 2. The van der Waals surface area contributed by atoms with Gasteiger partial charge in [0.15, 0.2) is 23.3 Å². The van der Waals surface area contributed by atoms with E-state index in [2.05, 4.69) is 50.8 Å². The second kappa shape index (κ2) is 8.70. The zero-order valence-electron chi connectivity index (χ0n) is 20.5. The molecule has 0 aliphatic rings. The molecule has 0 amide bonds. The van der Waals surface area contributed by atoms with Crippen LogP contribution in [0.2, 0.25) is 0 Å². The van der Waals surface area contributed by atoms with Crippen molar-refractivity contribution in [2.24, 2.45) is 0 Å². The van der Waals surface area contributed by atoms with E-state index >= 15 is 0 Å². The molecule has 190 valence electrons. The Kier molecular flexibility index (Phi) is 4.75. The normalized spacial score (nSPS) is 11.5. The van der Waals surface area contributed by atoms with Crippen LogP contribution in [0, 0.1) is 0 Å². The van der Waals surface area contributed by atoms with Gasteiger partial charge in [0.25, 0.3) is 0 Å². The lowest BCUT2D eigenvalue weighted by Crippen LogP contribution is -2.07. The van der Waals surface area contributed by atoms with Gasteiger partial charge in [-0.15, -0.1) is 44.7 Å². The minimum Gasteiger partial charge on any atom is -0.206 e. The summed E-state index contributed by atoms with van der Waals surface area (Å²) in [7, 11) is 0. The summed E-state index contributed by atoms with van der Waals surface area (Å²) in [5.41, 5.74) is 4.49. The SMILES string of the molecule is c1cc(-n2nccn2)nc(-n2ncc(-c3ccc4nn(-c5cccc(-n6nc7ccccc7n6)n5)nc4c3)n2)c1. The van der Waals surface area contributed by atoms with E-state index in [0.29, 0.717) is 40.0 Å². The molecule has 0 bridgehead atoms. The van der Waals surface area contributed by atoms with Crippen LogP contribution in [0.15, 0.2) is 97.5 Å². The zero-order chi connectivity index (χ0) is 26.5. The Hall–Kier alpha value is -6.18. The maximum Gasteiger partial charge on any atom is 0.176 e. The number of aromatic nitrogens is 14. The van der Waals surface area contributed by atoms with E-state index in [-0.39, 0.29) is 0 Å². The second-order valence-corrected chi connectivity index (χ2v) is 8.72. The number of rotatable bonds is 5. The van der Waals surface area contributed by atoms with Crippen molar-refractivity contribution in [3.8, 4) is 34.5 Å². The van der Waals surface area contributed by atoms with Crippen LogP contribution in [0.3, 0.4) is 0 Å². The molecule has 8 aromatic rings. The smallest absolute Gasteiger partial charge is 0.176 e. The van der Waals surface area contributed by atoms with E-state index in [0.717, 1.165) is 16.6 Å². The summed E-state index contributed by atoms with van der Waals surface area (Å²) in [5, 5.41) is 35.6. The van der Waals surface area contributed by atoms with Gasteiger partial charge in [0.2, 0.25) is 0 Å². The molecule has 0 fully saturated rings. The minimum absolute atomic E-state index is 0.540. The summed E-state index contributed by atoms with van der Waals surface area (Å²) in [5.74, 6) is 2.21. The van der Waals surface area contributed by atoms with Crippen molar-refractivity contribution in [3.05, 3.63) is 97.5 Å². The zero-order valence-corrected chi connectivity index (χ0v) is 20.5. The van der Waals surface area contributed by atoms with Crippen LogP contribution in [-0.4, -0.2) is 69.9 Å². The summed E-state index contributed by atoms with van der Waals surface area (Å²) < 4.78 is 0. The third-order valence-electron chi connectivity index (χ3n) is 6.13. The van der Waals surface area contributed by atoms with Gasteiger partial charge >= 0.3 is 0 Å².